The van der Waals surface area contributed by atoms with Crippen molar-refractivity contribution < 1.29 is 18.8 Å². The molecular weight excluding hydrogens is 356 g/mol. The molecule has 8 nitrogen and oxygen atoms in total. The fourth-order valence-electron chi connectivity index (χ4n) is 2.71. The van der Waals surface area contributed by atoms with Crippen LogP contribution in [0.3, 0.4) is 0 Å². The molecule has 1 aliphatic rings. The summed E-state index contributed by atoms with van der Waals surface area (Å²) in [5, 5.41) is 4.83. The van der Waals surface area contributed by atoms with Gasteiger partial charge in [0.2, 0.25) is 11.8 Å². The topological polar surface area (TPSA) is 95.8 Å². The minimum Gasteiger partial charge on any atom is -0.459 e. The smallest absolute Gasteiger partial charge is 0.293 e. The van der Waals surface area contributed by atoms with E-state index in [9.17, 15) is 14.4 Å². The molecule has 0 unspecified atom stereocenters. The van der Waals surface area contributed by atoms with E-state index in [2.05, 4.69) is 10.3 Å². The fraction of sp³-hybridized carbons (Fsp3) is 0.412. The zero-order chi connectivity index (χ0) is 18.5. The van der Waals surface area contributed by atoms with Crippen LogP contribution in [0.4, 0.5) is 5.13 Å². The quantitative estimate of drug-likeness (QED) is 0.855. The third-order valence-electron chi connectivity index (χ3n) is 4.14. The Labute approximate surface area is 154 Å². The van der Waals surface area contributed by atoms with Gasteiger partial charge in [-0.05, 0) is 12.1 Å². The van der Waals surface area contributed by atoms with Crippen LogP contribution in [0.5, 0.6) is 0 Å². The Balaban J connectivity index is 1.50. The number of hydrogen-bond acceptors (Lipinski definition) is 6. The van der Waals surface area contributed by atoms with Gasteiger partial charge in [0.15, 0.2) is 10.9 Å². The van der Waals surface area contributed by atoms with Crippen molar-refractivity contribution in [3.63, 3.8) is 0 Å². The predicted octanol–water partition coefficient (Wildman–Crippen LogP) is 1.61. The molecule has 0 saturated carbocycles. The second-order valence-corrected chi connectivity index (χ2v) is 6.73. The van der Waals surface area contributed by atoms with Crippen LogP contribution in [-0.4, -0.2) is 58.7 Å². The standard InChI is InChI=1S/C17H20N4O4S/c1-2-14(22)20-5-7-21(8-6-20)15(23)10-12-11-26-17(18-12)19-16(24)13-4-3-9-25-13/h3-4,9,11H,2,5-8,10H2,1H3,(H,18,19,24). The summed E-state index contributed by atoms with van der Waals surface area (Å²) in [5.74, 6) is -0.0763. The molecule has 0 bridgehead atoms. The van der Waals surface area contributed by atoms with Crippen LogP contribution in [0.15, 0.2) is 28.2 Å². The maximum Gasteiger partial charge on any atom is 0.293 e. The molecule has 3 amide bonds. The maximum atomic E-state index is 12.4. The number of nitrogens with one attached hydrogen (secondary N) is 1. The number of nitrogens with zero attached hydrogens (tertiary/aromatic N) is 3. The molecule has 1 N–H and O–H groups in total. The molecule has 1 aliphatic heterocycles. The third kappa shape index (κ3) is 4.29. The summed E-state index contributed by atoms with van der Waals surface area (Å²) in [6, 6.07) is 3.20. The number of anilines is 1. The van der Waals surface area contributed by atoms with Gasteiger partial charge in [-0.25, -0.2) is 4.98 Å². The lowest BCUT2D eigenvalue weighted by atomic mass is 10.2. The SMILES string of the molecule is CCC(=O)N1CCN(C(=O)Cc2csc(NC(=O)c3ccco3)n2)CC1. The summed E-state index contributed by atoms with van der Waals surface area (Å²) >= 11 is 1.26. The van der Waals surface area contributed by atoms with Gasteiger partial charge in [0.05, 0.1) is 18.4 Å². The van der Waals surface area contributed by atoms with E-state index in [0.717, 1.165) is 0 Å². The lowest BCUT2D eigenvalue weighted by Crippen LogP contribution is -2.50. The molecule has 0 spiro atoms. The van der Waals surface area contributed by atoms with Gasteiger partial charge in [-0.2, -0.15) is 0 Å². The Morgan fingerprint density at radius 1 is 1.19 bits per heavy atom. The van der Waals surface area contributed by atoms with Crippen LogP contribution >= 0.6 is 11.3 Å². The summed E-state index contributed by atoms with van der Waals surface area (Å²) in [4.78, 5) is 43.8. The Bertz CT molecular complexity index is 779. The number of carbonyl (C=O) groups is 3. The molecule has 1 fully saturated rings. The predicted molar refractivity (Wildman–Crippen MR) is 95.9 cm³/mol. The molecule has 0 aliphatic carbocycles. The van der Waals surface area contributed by atoms with E-state index < -0.39 is 0 Å². The van der Waals surface area contributed by atoms with Gasteiger partial charge in [-0.15, -0.1) is 11.3 Å². The zero-order valence-corrected chi connectivity index (χ0v) is 15.3. The summed E-state index contributed by atoms with van der Waals surface area (Å²) in [5.41, 5.74) is 0.613. The van der Waals surface area contributed by atoms with Crippen LogP contribution in [0.2, 0.25) is 0 Å². The molecule has 138 valence electrons. The highest BCUT2D eigenvalue weighted by molar-refractivity contribution is 7.14. The fourth-order valence-corrected chi connectivity index (χ4v) is 3.41. The molecular formula is C17H20N4O4S. The Morgan fingerprint density at radius 3 is 2.50 bits per heavy atom. The van der Waals surface area contributed by atoms with Gasteiger partial charge in [0.25, 0.3) is 5.91 Å². The van der Waals surface area contributed by atoms with Crippen molar-refractivity contribution in [2.24, 2.45) is 0 Å². The normalized spacial score (nSPS) is 14.3. The van der Waals surface area contributed by atoms with Crippen molar-refractivity contribution in [3.05, 3.63) is 35.2 Å². The van der Waals surface area contributed by atoms with Crippen LogP contribution < -0.4 is 5.32 Å². The van der Waals surface area contributed by atoms with E-state index in [0.29, 0.717) is 43.4 Å². The van der Waals surface area contributed by atoms with Gasteiger partial charge in [0.1, 0.15) is 0 Å². The van der Waals surface area contributed by atoms with Crippen LogP contribution in [0.25, 0.3) is 0 Å². The third-order valence-corrected chi connectivity index (χ3v) is 4.94. The van der Waals surface area contributed by atoms with Gasteiger partial charge in [0, 0.05) is 38.0 Å². The lowest BCUT2D eigenvalue weighted by molar-refractivity contribution is -0.139. The number of piperazine rings is 1. The summed E-state index contributed by atoms with van der Waals surface area (Å²) in [7, 11) is 0. The highest BCUT2D eigenvalue weighted by atomic mass is 32.1. The van der Waals surface area contributed by atoms with E-state index in [-0.39, 0.29) is 29.9 Å². The summed E-state index contributed by atoms with van der Waals surface area (Å²) in [6.45, 7) is 4.05. The first kappa shape index (κ1) is 18.1. The minimum absolute atomic E-state index is 0.0252. The van der Waals surface area contributed by atoms with Crippen LogP contribution in [0.1, 0.15) is 29.6 Å². The molecule has 1 saturated heterocycles. The number of hydrogen-bond donors (Lipinski definition) is 1. The lowest BCUT2D eigenvalue weighted by Gasteiger charge is -2.34. The average Bonchev–Trinajstić information content (AvgIpc) is 3.33. The monoisotopic (exact) mass is 376 g/mol. The molecule has 0 aromatic carbocycles. The Kier molecular flexibility index (Phi) is 5.67. The van der Waals surface area contributed by atoms with Gasteiger partial charge >= 0.3 is 0 Å². The summed E-state index contributed by atoms with van der Waals surface area (Å²) in [6.07, 6.45) is 2.09. The second-order valence-electron chi connectivity index (χ2n) is 5.87. The van der Waals surface area contributed by atoms with Crippen molar-refractivity contribution in [3.8, 4) is 0 Å². The van der Waals surface area contributed by atoms with Crippen molar-refractivity contribution in [1.82, 2.24) is 14.8 Å². The Hall–Kier alpha value is -2.68. The molecule has 3 heterocycles. The zero-order valence-electron chi connectivity index (χ0n) is 14.4. The van der Waals surface area contributed by atoms with Gasteiger partial charge < -0.3 is 14.2 Å². The van der Waals surface area contributed by atoms with Crippen molar-refractivity contribution >= 4 is 34.2 Å². The molecule has 9 heteroatoms. The van der Waals surface area contributed by atoms with E-state index in [1.54, 1.807) is 27.3 Å². The second kappa shape index (κ2) is 8.13. The molecule has 26 heavy (non-hydrogen) atoms. The number of carbonyl (C=O) groups excluding carboxylic acids is 3. The van der Waals surface area contributed by atoms with Gasteiger partial charge in [-0.3, -0.25) is 19.7 Å². The highest BCUT2D eigenvalue weighted by Crippen LogP contribution is 2.18. The van der Waals surface area contributed by atoms with E-state index in [1.807, 2.05) is 6.92 Å². The van der Waals surface area contributed by atoms with E-state index in [1.165, 1.54) is 17.6 Å². The van der Waals surface area contributed by atoms with Crippen molar-refractivity contribution in [1.29, 1.82) is 0 Å². The number of furan rings is 1. The molecule has 3 rings (SSSR count). The van der Waals surface area contributed by atoms with Crippen LogP contribution in [0, 0.1) is 0 Å². The van der Waals surface area contributed by atoms with E-state index in [4.69, 9.17) is 4.42 Å². The first-order valence-corrected chi connectivity index (χ1v) is 9.29. The molecule has 2 aromatic rings. The number of thiazole rings is 1. The van der Waals surface area contributed by atoms with E-state index >= 15 is 0 Å². The number of rotatable bonds is 5. The maximum absolute atomic E-state index is 12.4. The Morgan fingerprint density at radius 2 is 1.88 bits per heavy atom. The van der Waals surface area contributed by atoms with Gasteiger partial charge in [-0.1, -0.05) is 6.92 Å². The minimum atomic E-state index is -0.376. The average molecular weight is 376 g/mol. The highest BCUT2D eigenvalue weighted by Gasteiger charge is 2.24. The molecule has 0 radical (unpaired) electrons. The molecule has 0 atom stereocenters. The number of aromatic nitrogens is 1. The largest absolute Gasteiger partial charge is 0.459 e. The van der Waals surface area contributed by atoms with Crippen LogP contribution in [-0.2, 0) is 16.0 Å². The first-order valence-electron chi connectivity index (χ1n) is 8.41. The molecule has 2 aromatic heterocycles. The van der Waals surface area contributed by atoms with Crippen molar-refractivity contribution in [2.45, 2.75) is 19.8 Å². The summed E-state index contributed by atoms with van der Waals surface area (Å²) < 4.78 is 5.03. The first-order chi connectivity index (χ1) is 12.6. The van der Waals surface area contributed by atoms with Crippen molar-refractivity contribution in [2.75, 3.05) is 31.5 Å². The number of amides is 3.